The van der Waals surface area contributed by atoms with Crippen LogP contribution in [0.25, 0.3) is 0 Å². The number of rotatable bonds is 4. The quantitative estimate of drug-likeness (QED) is 0.745. The molecule has 0 aromatic heterocycles. The molecule has 2 bridgehead atoms. The predicted octanol–water partition coefficient (Wildman–Crippen LogP) is 2.59. The maximum atomic E-state index is 12.5. The van der Waals surface area contributed by atoms with Crippen molar-refractivity contribution in [1.29, 1.82) is 0 Å². The molecule has 3 fully saturated rings. The average molecular weight is 299 g/mol. The van der Waals surface area contributed by atoms with Gasteiger partial charge in [-0.25, -0.2) is 0 Å². The van der Waals surface area contributed by atoms with E-state index in [9.17, 15) is 4.79 Å². The zero-order valence-corrected chi connectivity index (χ0v) is 13.2. The van der Waals surface area contributed by atoms with Crippen LogP contribution in [0, 0.1) is 17.8 Å². The van der Waals surface area contributed by atoms with E-state index in [2.05, 4.69) is 9.80 Å². The minimum Gasteiger partial charge on any atom is -0.341 e. The van der Waals surface area contributed by atoms with Gasteiger partial charge in [-0.15, -0.1) is 11.6 Å². The predicted molar refractivity (Wildman–Crippen MR) is 81.9 cm³/mol. The Morgan fingerprint density at radius 3 is 2.70 bits per heavy atom. The van der Waals surface area contributed by atoms with Gasteiger partial charge in [-0.1, -0.05) is 6.42 Å². The van der Waals surface area contributed by atoms with Gasteiger partial charge in [0.1, 0.15) is 0 Å². The molecule has 3 atom stereocenters. The topological polar surface area (TPSA) is 23.6 Å². The summed E-state index contributed by atoms with van der Waals surface area (Å²) in [6.45, 7) is 4.88. The molecule has 0 aromatic rings. The second kappa shape index (κ2) is 6.65. The maximum Gasteiger partial charge on any atom is 0.222 e. The van der Waals surface area contributed by atoms with Crippen LogP contribution in [-0.4, -0.2) is 54.3 Å². The van der Waals surface area contributed by atoms with Crippen LogP contribution in [-0.2, 0) is 4.79 Å². The third-order valence-electron chi connectivity index (χ3n) is 5.66. The summed E-state index contributed by atoms with van der Waals surface area (Å²) in [5.74, 6) is 3.61. The lowest BCUT2D eigenvalue weighted by Crippen LogP contribution is -2.36. The summed E-state index contributed by atoms with van der Waals surface area (Å²) in [7, 11) is 0. The van der Waals surface area contributed by atoms with E-state index < -0.39 is 0 Å². The van der Waals surface area contributed by atoms with Crippen LogP contribution in [0.5, 0.6) is 0 Å². The molecule has 0 aromatic carbocycles. The Morgan fingerprint density at radius 2 is 2.00 bits per heavy atom. The highest BCUT2D eigenvalue weighted by Crippen LogP contribution is 2.49. The SMILES string of the molecule is O=C(CC1CC2CCC1C2)N1CCCN(CCCl)CC1. The zero-order valence-electron chi connectivity index (χ0n) is 12.4. The first kappa shape index (κ1) is 14.6. The van der Waals surface area contributed by atoms with E-state index in [1.165, 1.54) is 25.7 Å². The minimum atomic E-state index is 0.412. The summed E-state index contributed by atoms with van der Waals surface area (Å²) < 4.78 is 0. The summed E-state index contributed by atoms with van der Waals surface area (Å²) in [6.07, 6.45) is 7.44. The number of hydrogen-bond donors (Lipinski definition) is 0. The fourth-order valence-corrected chi connectivity index (χ4v) is 4.78. The molecule has 2 aliphatic carbocycles. The number of fused-ring (bicyclic) bond motifs is 2. The Morgan fingerprint density at radius 1 is 1.10 bits per heavy atom. The van der Waals surface area contributed by atoms with Crippen LogP contribution in [0.4, 0.5) is 0 Å². The van der Waals surface area contributed by atoms with Gasteiger partial charge in [0, 0.05) is 38.5 Å². The van der Waals surface area contributed by atoms with E-state index in [-0.39, 0.29) is 0 Å². The second-order valence-electron chi connectivity index (χ2n) is 6.90. The number of amides is 1. The zero-order chi connectivity index (χ0) is 13.9. The van der Waals surface area contributed by atoms with Crippen molar-refractivity contribution in [2.24, 2.45) is 17.8 Å². The first-order valence-corrected chi connectivity index (χ1v) is 8.86. The number of nitrogens with zero attached hydrogens (tertiary/aromatic N) is 2. The Bertz CT molecular complexity index is 349. The van der Waals surface area contributed by atoms with E-state index in [0.29, 0.717) is 17.7 Å². The monoisotopic (exact) mass is 298 g/mol. The summed E-state index contributed by atoms with van der Waals surface area (Å²) in [6, 6.07) is 0. The number of halogens is 1. The van der Waals surface area contributed by atoms with Gasteiger partial charge in [-0.3, -0.25) is 4.79 Å². The van der Waals surface area contributed by atoms with Crippen LogP contribution >= 0.6 is 11.6 Å². The van der Waals surface area contributed by atoms with Crippen LogP contribution in [0.2, 0.25) is 0 Å². The van der Waals surface area contributed by atoms with Crippen molar-refractivity contribution in [1.82, 2.24) is 9.80 Å². The van der Waals surface area contributed by atoms with Crippen molar-refractivity contribution in [3.63, 3.8) is 0 Å². The van der Waals surface area contributed by atoms with Crippen molar-refractivity contribution in [3.05, 3.63) is 0 Å². The van der Waals surface area contributed by atoms with Gasteiger partial charge in [-0.05, 0) is 50.0 Å². The van der Waals surface area contributed by atoms with E-state index in [0.717, 1.165) is 57.4 Å². The van der Waals surface area contributed by atoms with Crippen LogP contribution in [0.15, 0.2) is 0 Å². The molecule has 1 heterocycles. The normalized spacial score (nSPS) is 34.5. The largest absolute Gasteiger partial charge is 0.341 e. The highest BCUT2D eigenvalue weighted by atomic mass is 35.5. The van der Waals surface area contributed by atoms with Crippen LogP contribution in [0.3, 0.4) is 0 Å². The molecule has 0 N–H and O–H groups in total. The summed E-state index contributed by atoms with van der Waals surface area (Å²) in [4.78, 5) is 17.0. The average Bonchev–Trinajstić information content (AvgIpc) is 2.96. The number of carbonyl (C=O) groups excluding carboxylic acids is 1. The molecule has 3 unspecified atom stereocenters. The molecular weight excluding hydrogens is 272 g/mol. The van der Waals surface area contributed by atoms with E-state index >= 15 is 0 Å². The van der Waals surface area contributed by atoms with Gasteiger partial charge in [0.2, 0.25) is 5.91 Å². The smallest absolute Gasteiger partial charge is 0.222 e. The Balaban J connectivity index is 1.47. The van der Waals surface area contributed by atoms with Crippen LogP contribution in [0.1, 0.15) is 38.5 Å². The van der Waals surface area contributed by atoms with Gasteiger partial charge in [0.15, 0.2) is 0 Å². The molecule has 0 spiro atoms. The molecule has 2 saturated carbocycles. The summed E-state index contributed by atoms with van der Waals surface area (Å²) >= 11 is 5.81. The lowest BCUT2D eigenvalue weighted by Gasteiger charge is -2.26. The first-order valence-electron chi connectivity index (χ1n) is 8.32. The highest BCUT2D eigenvalue weighted by molar-refractivity contribution is 6.18. The minimum absolute atomic E-state index is 0.412. The number of alkyl halides is 1. The van der Waals surface area contributed by atoms with Gasteiger partial charge < -0.3 is 9.80 Å². The summed E-state index contributed by atoms with van der Waals surface area (Å²) in [5, 5.41) is 0. The fraction of sp³-hybridized carbons (Fsp3) is 0.938. The van der Waals surface area contributed by atoms with Crippen molar-refractivity contribution in [2.45, 2.75) is 38.5 Å². The molecule has 1 amide bonds. The van der Waals surface area contributed by atoms with Crippen molar-refractivity contribution in [2.75, 3.05) is 38.6 Å². The molecule has 1 aliphatic heterocycles. The molecular formula is C16H27ClN2O. The Labute approximate surface area is 127 Å². The van der Waals surface area contributed by atoms with Crippen molar-refractivity contribution in [3.8, 4) is 0 Å². The third-order valence-corrected chi connectivity index (χ3v) is 5.83. The molecule has 3 aliphatic rings. The van der Waals surface area contributed by atoms with E-state index in [1.807, 2.05) is 0 Å². The fourth-order valence-electron chi connectivity index (χ4n) is 4.54. The molecule has 1 saturated heterocycles. The van der Waals surface area contributed by atoms with Crippen LogP contribution < -0.4 is 0 Å². The Kier molecular flexibility index (Phi) is 4.87. The number of hydrogen-bond acceptors (Lipinski definition) is 2. The van der Waals surface area contributed by atoms with E-state index in [1.54, 1.807) is 0 Å². The maximum absolute atomic E-state index is 12.5. The molecule has 114 valence electrons. The molecule has 4 heteroatoms. The highest BCUT2D eigenvalue weighted by Gasteiger charge is 2.40. The van der Waals surface area contributed by atoms with Gasteiger partial charge in [0.05, 0.1) is 0 Å². The molecule has 3 rings (SSSR count). The lowest BCUT2D eigenvalue weighted by molar-refractivity contribution is -0.132. The standard InChI is InChI=1S/C16H27ClN2O/c17-4-7-18-5-1-6-19(9-8-18)16(20)12-15-11-13-2-3-14(15)10-13/h13-15H,1-12H2. The summed E-state index contributed by atoms with van der Waals surface area (Å²) in [5.41, 5.74) is 0. The third kappa shape index (κ3) is 3.30. The molecule has 0 radical (unpaired) electrons. The molecule has 20 heavy (non-hydrogen) atoms. The van der Waals surface area contributed by atoms with Gasteiger partial charge >= 0.3 is 0 Å². The van der Waals surface area contributed by atoms with Gasteiger partial charge in [0.25, 0.3) is 0 Å². The Hall–Kier alpha value is -0.280. The van der Waals surface area contributed by atoms with Gasteiger partial charge in [-0.2, -0.15) is 0 Å². The molecule has 3 nitrogen and oxygen atoms in total. The second-order valence-corrected chi connectivity index (χ2v) is 7.28. The number of carbonyl (C=O) groups is 1. The lowest BCUT2D eigenvalue weighted by atomic mass is 9.86. The first-order chi connectivity index (χ1) is 9.76. The van der Waals surface area contributed by atoms with Crippen molar-refractivity contribution >= 4 is 17.5 Å². The van der Waals surface area contributed by atoms with Crippen molar-refractivity contribution < 1.29 is 4.79 Å². The van der Waals surface area contributed by atoms with E-state index in [4.69, 9.17) is 11.6 Å².